The number of thiazole rings is 1. The number of hydrogen-bond donors (Lipinski definition) is 1. The summed E-state index contributed by atoms with van der Waals surface area (Å²) in [6, 6.07) is 1.57. The van der Waals surface area contributed by atoms with Gasteiger partial charge in [-0.3, -0.25) is 14.9 Å². The summed E-state index contributed by atoms with van der Waals surface area (Å²) in [6.07, 6.45) is 0.713. The second-order valence-electron chi connectivity index (χ2n) is 4.86. The van der Waals surface area contributed by atoms with E-state index in [9.17, 15) is 9.59 Å². The predicted molar refractivity (Wildman–Crippen MR) is 76.1 cm³/mol. The van der Waals surface area contributed by atoms with Gasteiger partial charge in [0.15, 0.2) is 10.8 Å². The van der Waals surface area contributed by atoms with Crippen molar-refractivity contribution in [3.8, 4) is 0 Å². The summed E-state index contributed by atoms with van der Waals surface area (Å²) in [5, 5.41) is 6.91. The molecular weight excluding hydrogens is 292 g/mol. The number of hydrogen-bond acceptors (Lipinski definition) is 6. The molecule has 0 fully saturated rings. The summed E-state index contributed by atoms with van der Waals surface area (Å²) in [5.41, 5.74) is 1.18. The Morgan fingerprint density at radius 2 is 2.29 bits per heavy atom. The van der Waals surface area contributed by atoms with Gasteiger partial charge in [-0.15, -0.1) is 0 Å². The fourth-order valence-corrected chi connectivity index (χ4v) is 3.17. The Morgan fingerprint density at radius 3 is 2.95 bits per heavy atom. The molecule has 2 amide bonds. The largest absolute Gasteiger partial charge is 0.361 e. The van der Waals surface area contributed by atoms with Crippen LogP contribution in [0, 0.1) is 6.92 Å². The van der Waals surface area contributed by atoms with Crippen LogP contribution in [0.2, 0.25) is 0 Å². The number of aryl methyl sites for hydroxylation is 1. The van der Waals surface area contributed by atoms with Crippen molar-refractivity contribution in [2.75, 3.05) is 11.9 Å². The monoisotopic (exact) mass is 306 g/mol. The quantitative estimate of drug-likeness (QED) is 0.910. The molecule has 7 nitrogen and oxygen atoms in total. The van der Waals surface area contributed by atoms with Crippen molar-refractivity contribution in [3.63, 3.8) is 0 Å². The minimum atomic E-state index is -0.346. The molecular formula is C13H14N4O3S. The van der Waals surface area contributed by atoms with E-state index in [1.807, 2.05) is 0 Å². The first-order valence-electron chi connectivity index (χ1n) is 6.51. The van der Waals surface area contributed by atoms with Crippen molar-refractivity contribution in [1.82, 2.24) is 15.0 Å². The third-order valence-electron chi connectivity index (χ3n) is 3.26. The Balaban J connectivity index is 1.74. The third-order valence-corrected chi connectivity index (χ3v) is 4.26. The predicted octanol–water partition coefficient (Wildman–Crippen LogP) is 1.60. The summed E-state index contributed by atoms with van der Waals surface area (Å²) >= 11 is 1.39. The van der Waals surface area contributed by atoms with Gasteiger partial charge in [-0.05, 0) is 6.92 Å². The maximum atomic E-state index is 12.0. The second kappa shape index (κ2) is 5.28. The van der Waals surface area contributed by atoms with Crippen molar-refractivity contribution in [3.05, 3.63) is 28.1 Å². The van der Waals surface area contributed by atoms with Crippen LogP contribution < -0.4 is 5.32 Å². The zero-order chi connectivity index (χ0) is 15.0. The van der Waals surface area contributed by atoms with E-state index in [4.69, 9.17) is 4.52 Å². The molecule has 1 aliphatic rings. The topological polar surface area (TPSA) is 88.3 Å². The molecule has 0 spiro atoms. The number of anilines is 1. The molecule has 110 valence electrons. The van der Waals surface area contributed by atoms with Crippen molar-refractivity contribution in [1.29, 1.82) is 0 Å². The van der Waals surface area contributed by atoms with Gasteiger partial charge < -0.3 is 9.42 Å². The fourth-order valence-electron chi connectivity index (χ4n) is 2.15. The molecule has 0 saturated heterocycles. The van der Waals surface area contributed by atoms with Crippen LogP contribution in [0.4, 0.5) is 5.13 Å². The molecule has 3 rings (SSSR count). The molecule has 1 aliphatic heterocycles. The number of carbonyl (C=O) groups is 2. The van der Waals surface area contributed by atoms with E-state index in [0.717, 1.165) is 10.6 Å². The summed E-state index contributed by atoms with van der Waals surface area (Å²) < 4.78 is 4.87. The molecule has 0 radical (unpaired) electrons. The molecule has 0 unspecified atom stereocenters. The van der Waals surface area contributed by atoms with Crippen LogP contribution in [-0.2, 0) is 17.8 Å². The Kier molecular flexibility index (Phi) is 3.46. The van der Waals surface area contributed by atoms with E-state index >= 15 is 0 Å². The standard InChI is InChI=1S/C13H14N4O3S/c1-7-5-10(16-20-7)12(19)15-13-14-9-3-4-17(8(2)18)6-11(9)21-13/h5H,3-4,6H2,1-2H3,(H,14,15,19). The van der Waals surface area contributed by atoms with Gasteiger partial charge in [0, 0.05) is 30.8 Å². The average molecular weight is 306 g/mol. The lowest BCUT2D eigenvalue weighted by Gasteiger charge is -2.24. The Bertz CT molecular complexity index is 706. The fraction of sp³-hybridized carbons (Fsp3) is 0.385. The van der Waals surface area contributed by atoms with Crippen LogP contribution in [-0.4, -0.2) is 33.4 Å². The molecule has 0 aliphatic carbocycles. The van der Waals surface area contributed by atoms with Gasteiger partial charge in [0.05, 0.1) is 12.2 Å². The number of nitrogens with zero attached hydrogens (tertiary/aromatic N) is 3. The molecule has 8 heteroatoms. The molecule has 3 heterocycles. The van der Waals surface area contributed by atoms with Gasteiger partial charge in [-0.2, -0.15) is 0 Å². The van der Waals surface area contributed by atoms with Gasteiger partial charge in [-0.1, -0.05) is 16.5 Å². The van der Waals surface area contributed by atoms with Crippen LogP contribution in [0.25, 0.3) is 0 Å². The summed E-state index contributed by atoms with van der Waals surface area (Å²) in [7, 11) is 0. The maximum Gasteiger partial charge on any atom is 0.279 e. The lowest BCUT2D eigenvalue weighted by atomic mass is 10.2. The van der Waals surface area contributed by atoms with Crippen molar-refractivity contribution >= 4 is 28.3 Å². The molecule has 0 bridgehead atoms. The Hall–Kier alpha value is -2.22. The maximum absolute atomic E-state index is 12.0. The van der Waals surface area contributed by atoms with Crippen molar-refractivity contribution in [2.24, 2.45) is 0 Å². The molecule has 2 aromatic heterocycles. The number of carbonyl (C=O) groups excluding carboxylic acids is 2. The highest BCUT2D eigenvalue weighted by molar-refractivity contribution is 7.15. The molecule has 2 aromatic rings. The van der Waals surface area contributed by atoms with Gasteiger partial charge in [0.2, 0.25) is 5.91 Å². The Morgan fingerprint density at radius 1 is 1.48 bits per heavy atom. The minimum absolute atomic E-state index is 0.0534. The van der Waals surface area contributed by atoms with Gasteiger partial charge in [0.25, 0.3) is 5.91 Å². The lowest BCUT2D eigenvalue weighted by molar-refractivity contribution is -0.129. The lowest BCUT2D eigenvalue weighted by Crippen LogP contribution is -2.33. The highest BCUT2D eigenvalue weighted by atomic mass is 32.1. The molecule has 0 saturated carbocycles. The smallest absolute Gasteiger partial charge is 0.279 e. The number of aromatic nitrogens is 2. The van der Waals surface area contributed by atoms with Crippen LogP contribution in [0.1, 0.15) is 33.7 Å². The number of nitrogens with one attached hydrogen (secondary N) is 1. The van der Waals surface area contributed by atoms with E-state index in [0.29, 0.717) is 30.4 Å². The van der Waals surface area contributed by atoms with E-state index in [1.165, 1.54) is 11.3 Å². The van der Waals surface area contributed by atoms with Gasteiger partial charge in [0.1, 0.15) is 5.76 Å². The Labute approximate surface area is 124 Å². The highest BCUT2D eigenvalue weighted by Crippen LogP contribution is 2.28. The van der Waals surface area contributed by atoms with Crippen LogP contribution in [0.3, 0.4) is 0 Å². The second-order valence-corrected chi connectivity index (χ2v) is 5.94. The van der Waals surface area contributed by atoms with Crippen LogP contribution >= 0.6 is 11.3 Å². The first kappa shape index (κ1) is 13.7. The van der Waals surface area contributed by atoms with Crippen LogP contribution in [0.15, 0.2) is 10.6 Å². The highest BCUT2D eigenvalue weighted by Gasteiger charge is 2.23. The van der Waals surface area contributed by atoms with Gasteiger partial charge in [-0.25, -0.2) is 4.98 Å². The molecule has 21 heavy (non-hydrogen) atoms. The normalized spacial score (nSPS) is 13.9. The van der Waals surface area contributed by atoms with Crippen molar-refractivity contribution < 1.29 is 14.1 Å². The number of fused-ring (bicyclic) bond motifs is 1. The zero-order valence-electron chi connectivity index (χ0n) is 11.7. The first-order chi connectivity index (χ1) is 10.0. The van der Waals surface area contributed by atoms with Crippen molar-refractivity contribution in [2.45, 2.75) is 26.8 Å². The summed E-state index contributed by atoms with van der Waals surface area (Å²) in [4.78, 5) is 30.6. The van der Waals surface area contributed by atoms with E-state index in [2.05, 4.69) is 15.5 Å². The number of amides is 2. The third kappa shape index (κ3) is 2.80. The van der Waals surface area contributed by atoms with Gasteiger partial charge >= 0.3 is 0 Å². The zero-order valence-corrected chi connectivity index (χ0v) is 12.5. The molecule has 0 aromatic carbocycles. The van der Waals surface area contributed by atoms with E-state index in [-0.39, 0.29) is 17.5 Å². The van der Waals surface area contributed by atoms with E-state index in [1.54, 1.807) is 24.8 Å². The van der Waals surface area contributed by atoms with Crippen LogP contribution in [0.5, 0.6) is 0 Å². The van der Waals surface area contributed by atoms with E-state index < -0.39 is 0 Å². The minimum Gasteiger partial charge on any atom is -0.361 e. The first-order valence-corrected chi connectivity index (χ1v) is 7.33. The average Bonchev–Trinajstić information content (AvgIpc) is 3.03. The summed E-state index contributed by atoms with van der Waals surface area (Å²) in [6.45, 7) is 4.51. The SMILES string of the molecule is CC(=O)N1CCc2nc(NC(=O)c3cc(C)on3)sc2C1. The number of rotatable bonds is 2. The molecule has 1 N–H and O–H groups in total. The summed E-state index contributed by atoms with van der Waals surface area (Å²) in [5.74, 6) is 0.287. The molecule has 0 atom stereocenters.